The molecule has 1 N–H and O–H groups in total. The van der Waals surface area contributed by atoms with E-state index in [0.717, 1.165) is 34.1 Å². The molecule has 2 aromatic carbocycles. The van der Waals surface area contributed by atoms with Crippen LogP contribution in [0.1, 0.15) is 31.4 Å². The highest BCUT2D eigenvalue weighted by atomic mass is 79.9. The van der Waals surface area contributed by atoms with Gasteiger partial charge in [-0.25, -0.2) is 0 Å². The molecule has 0 spiro atoms. The van der Waals surface area contributed by atoms with Crippen molar-refractivity contribution in [2.24, 2.45) is 0 Å². The number of rotatable bonds is 8. The summed E-state index contributed by atoms with van der Waals surface area (Å²) < 4.78 is 7.60. The fourth-order valence-corrected chi connectivity index (χ4v) is 3.93. The van der Waals surface area contributed by atoms with Gasteiger partial charge in [0.05, 0.1) is 15.6 Å². The summed E-state index contributed by atoms with van der Waals surface area (Å²) in [6.07, 6.45) is 2.23. The van der Waals surface area contributed by atoms with Crippen molar-refractivity contribution in [2.45, 2.75) is 39.3 Å². The molecule has 0 unspecified atom stereocenters. The molecule has 2 rings (SSSR count). The van der Waals surface area contributed by atoms with Crippen molar-refractivity contribution in [3.05, 3.63) is 62.5 Å². The second-order valence-corrected chi connectivity index (χ2v) is 7.34. The molecule has 0 saturated heterocycles. The second kappa shape index (κ2) is 9.45. The number of hydrogen-bond acceptors (Lipinski definition) is 2. The summed E-state index contributed by atoms with van der Waals surface area (Å²) in [5.74, 6) is 0.869. The van der Waals surface area contributed by atoms with E-state index in [1.54, 1.807) is 0 Å². The van der Waals surface area contributed by atoms with Crippen LogP contribution in [0.15, 0.2) is 51.4 Å². The zero-order chi connectivity index (χ0) is 16.7. The quantitative estimate of drug-likeness (QED) is 0.566. The highest BCUT2D eigenvalue weighted by Crippen LogP contribution is 2.34. The first-order valence-corrected chi connectivity index (χ1v) is 9.56. The van der Waals surface area contributed by atoms with Crippen LogP contribution < -0.4 is 10.1 Å². The van der Waals surface area contributed by atoms with Crippen LogP contribution in [-0.2, 0) is 13.0 Å². The lowest BCUT2D eigenvalue weighted by Crippen LogP contribution is -2.26. The average Bonchev–Trinajstić information content (AvgIpc) is 2.55. The van der Waals surface area contributed by atoms with Crippen LogP contribution in [0.3, 0.4) is 0 Å². The molecule has 124 valence electrons. The number of nitrogens with one attached hydrogen (secondary N) is 1. The summed E-state index contributed by atoms with van der Waals surface area (Å²) >= 11 is 7.17. The van der Waals surface area contributed by atoms with E-state index in [9.17, 15) is 0 Å². The Kier molecular flexibility index (Phi) is 7.60. The van der Waals surface area contributed by atoms with Crippen molar-refractivity contribution in [3.63, 3.8) is 0 Å². The molecule has 0 aliphatic heterocycles. The minimum atomic E-state index is 0.472. The molecule has 0 saturated carbocycles. The predicted octanol–water partition coefficient (Wildman–Crippen LogP) is 5.72. The summed E-state index contributed by atoms with van der Waals surface area (Å²) in [6.45, 7) is 5.73. The summed E-state index contributed by atoms with van der Waals surface area (Å²) in [6, 6.07) is 15.3. The Balaban J connectivity index is 1.85. The van der Waals surface area contributed by atoms with Crippen molar-refractivity contribution in [1.29, 1.82) is 0 Å². The predicted molar refractivity (Wildman–Crippen MR) is 104 cm³/mol. The fourth-order valence-electron chi connectivity index (χ4n) is 2.42. The minimum Gasteiger partial charge on any atom is -0.492 e. The van der Waals surface area contributed by atoms with Gasteiger partial charge in [0, 0.05) is 12.6 Å². The maximum absolute atomic E-state index is 5.62. The molecule has 0 aromatic heterocycles. The van der Waals surface area contributed by atoms with E-state index >= 15 is 0 Å². The van der Waals surface area contributed by atoms with Gasteiger partial charge in [0.1, 0.15) is 5.75 Å². The van der Waals surface area contributed by atoms with Crippen LogP contribution in [0.25, 0.3) is 0 Å². The molecule has 0 bridgehead atoms. The Morgan fingerprint density at radius 1 is 1.04 bits per heavy atom. The highest BCUT2D eigenvalue weighted by molar-refractivity contribution is 9.11. The summed E-state index contributed by atoms with van der Waals surface area (Å²) in [5.41, 5.74) is 2.63. The van der Waals surface area contributed by atoms with Gasteiger partial charge < -0.3 is 10.1 Å². The summed E-state index contributed by atoms with van der Waals surface area (Å²) in [7, 11) is 0. The molecule has 0 amide bonds. The van der Waals surface area contributed by atoms with E-state index in [1.165, 1.54) is 11.1 Å². The molecular weight excluding hydrogens is 418 g/mol. The standard InChI is InChI=1S/C19H23Br2NO/c1-3-23-19-17(20)11-16(12-18(19)21)13-22-14(2)9-10-15-7-5-4-6-8-15/h4-8,11-12,14,22H,3,9-10,13H2,1-2H3/t14-/m1/s1. The molecule has 2 nitrogen and oxygen atoms in total. The Bertz CT molecular complexity index is 593. The molecule has 0 fully saturated rings. The Morgan fingerprint density at radius 2 is 1.70 bits per heavy atom. The molecule has 4 heteroatoms. The normalized spacial score (nSPS) is 12.2. The van der Waals surface area contributed by atoms with Gasteiger partial charge in [0.2, 0.25) is 0 Å². The Hall–Kier alpha value is -0.840. The van der Waals surface area contributed by atoms with Crippen molar-refractivity contribution in [3.8, 4) is 5.75 Å². The van der Waals surface area contributed by atoms with Gasteiger partial charge in [-0.05, 0) is 81.8 Å². The number of halogens is 2. The molecule has 0 radical (unpaired) electrons. The van der Waals surface area contributed by atoms with Crippen LogP contribution in [-0.4, -0.2) is 12.6 Å². The van der Waals surface area contributed by atoms with E-state index < -0.39 is 0 Å². The van der Waals surface area contributed by atoms with E-state index in [1.807, 2.05) is 6.92 Å². The van der Waals surface area contributed by atoms with Gasteiger partial charge in [0.15, 0.2) is 0 Å². The van der Waals surface area contributed by atoms with Crippen molar-refractivity contribution in [1.82, 2.24) is 5.32 Å². The van der Waals surface area contributed by atoms with Crippen LogP contribution in [0, 0.1) is 0 Å². The van der Waals surface area contributed by atoms with E-state index in [4.69, 9.17) is 4.74 Å². The molecule has 0 aliphatic rings. The van der Waals surface area contributed by atoms with Gasteiger partial charge in [-0.2, -0.15) is 0 Å². The van der Waals surface area contributed by atoms with Gasteiger partial charge >= 0.3 is 0 Å². The summed E-state index contributed by atoms with van der Waals surface area (Å²) in [5, 5.41) is 3.59. The van der Waals surface area contributed by atoms with E-state index in [-0.39, 0.29) is 0 Å². The van der Waals surface area contributed by atoms with Gasteiger partial charge in [-0.15, -0.1) is 0 Å². The van der Waals surface area contributed by atoms with Crippen LogP contribution in [0.4, 0.5) is 0 Å². The zero-order valence-electron chi connectivity index (χ0n) is 13.6. The topological polar surface area (TPSA) is 21.3 Å². The minimum absolute atomic E-state index is 0.472. The zero-order valence-corrected chi connectivity index (χ0v) is 16.8. The Labute approximate surface area is 155 Å². The lowest BCUT2D eigenvalue weighted by atomic mass is 10.1. The third-order valence-corrected chi connectivity index (χ3v) is 4.89. The highest BCUT2D eigenvalue weighted by Gasteiger charge is 2.09. The molecule has 23 heavy (non-hydrogen) atoms. The smallest absolute Gasteiger partial charge is 0.147 e. The number of benzene rings is 2. The Morgan fingerprint density at radius 3 is 2.30 bits per heavy atom. The SMILES string of the molecule is CCOc1c(Br)cc(CN[C@H](C)CCc2ccccc2)cc1Br. The van der Waals surface area contributed by atoms with Crippen molar-refractivity contribution < 1.29 is 4.74 Å². The van der Waals surface area contributed by atoms with Crippen molar-refractivity contribution >= 4 is 31.9 Å². The second-order valence-electron chi connectivity index (χ2n) is 5.63. The molecular formula is C19H23Br2NO. The van der Waals surface area contributed by atoms with Crippen LogP contribution in [0.2, 0.25) is 0 Å². The van der Waals surface area contributed by atoms with E-state index in [2.05, 4.69) is 86.6 Å². The van der Waals surface area contributed by atoms with Crippen molar-refractivity contribution in [2.75, 3.05) is 6.61 Å². The lowest BCUT2D eigenvalue weighted by Gasteiger charge is -2.15. The third-order valence-electron chi connectivity index (χ3n) is 3.71. The van der Waals surface area contributed by atoms with E-state index in [0.29, 0.717) is 12.6 Å². The van der Waals surface area contributed by atoms with Crippen LogP contribution in [0.5, 0.6) is 5.75 Å². The van der Waals surface area contributed by atoms with Gasteiger partial charge in [-0.3, -0.25) is 0 Å². The first-order valence-electron chi connectivity index (χ1n) is 7.98. The molecule has 0 aliphatic carbocycles. The lowest BCUT2D eigenvalue weighted by molar-refractivity contribution is 0.336. The van der Waals surface area contributed by atoms with Crippen LogP contribution >= 0.6 is 31.9 Å². The average molecular weight is 441 g/mol. The number of hydrogen-bond donors (Lipinski definition) is 1. The fraction of sp³-hybridized carbons (Fsp3) is 0.368. The summed E-state index contributed by atoms with van der Waals surface area (Å²) in [4.78, 5) is 0. The number of aryl methyl sites for hydroxylation is 1. The number of ether oxygens (including phenoxy) is 1. The molecule has 0 heterocycles. The third kappa shape index (κ3) is 5.94. The molecule has 1 atom stereocenters. The largest absolute Gasteiger partial charge is 0.492 e. The molecule has 2 aromatic rings. The maximum Gasteiger partial charge on any atom is 0.147 e. The maximum atomic E-state index is 5.62. The van der Waals surface area contributed by atoms with Gasteiger partial charge in [0.25, 0.3) is 0 Å². The monoisotopic (exact) mass is 439 g/mol. The first-order chi connectivity index (χ1) is 11.1. The first kappa shape index (κ1) is 18.5. The van der Waals surface area contributed by atoms with Gasteiger partial charge in [-0.1, -0.05) is 30.3 Å².